The Bertz CT molecular complexity index is 248. The summed E-state index contributed by atoms with van der Waals surface area (Å²) in [5.74, 6) is 0. The van der Waals surface area contributed by atoms with Crippen molar-refractivity contribution in [2.24, 2.45) is 0 Å². The van der Waals surface area contributed by atoms with Crippen LogP contribution in [0.3, 0.4) is 0 Å². The van der Waals surface area contributed by atoms with E-state index < -0.39 is 0 Å². The van der Waals surface area contributed by atoms with Crippen molar-refractivity contribution in [1.82, 2.24) is 14.8 Å². The van der Waals surface area contributed by atoms with E-state index in [9.17, 15) is 0 Å². The molecule has 50 valence electrons. The Morgan fingerprint density at radius 1 is 1.20 bits per heavy atom. The number of hydrogen-bond acceptors (Lipinski definition) is 2. The third-order valence-electron chi connectivity index (χ3n) is 1.33. The molecule has 0 N–H and O–H groups in total. The third-order valence-corrected chi connectivity index (χ3v) is 1.33. The Labute approximate surface area is 58.3 Å². The van der Waals surface area contributed by atoms with Gasteiger partial charge in [0.15, 0.2) is 0 Å². The summed E-state index contributed by atoms with van der Waals surface area (Å²) in [6.07, 6.45) is 3.20. The molecule has 0 aliphatic heterocycles. The maximum Gasteiger partial charge on any atom is 0.126 e. The van der Waals surface area contributed by atoms with Gasteiger partial charge in [-0.3, -0.25) is 4.98 Å². The first kappa shape index (κ1) is 5.29. The molecule has 0 unspecified atom stereocenters. The van der Waals surface area contributed by atoms with E-state index >= 15 is 0 Å². The molecule has 0 aliphatic carbocycles. The van der Waals surface area contributed by atoms with Crippen LogP contribution in [0.4, 0.5) is 0 Å². The molecular weight excluding hydrogens is 126 g/mol. The van der Waals surface area contributed by atoms with Gasteiger partial charge in [0, 0.05) is 6.33 Å². The van der Waals surface area contributed by atoms with Gasteiger partial charge < -0.3 is 4.68 Å². The summed E-state index contributed by atoms with van der Waals surface area (Å²) in [7, 11) is 0. The van der Waals surface area contributed by atoms with Gasteiger partial charge in [-0.05, 0) is 5.69 Å². The van der Waals surface area contributed by atoms with Crippen molar-refractivity contribution in [2.45, 2.75) is 0 Å². The molecule has 0 fully saturated rings. The smallest absolute Gasteiger partial charge is 0.126 e. The van der Waals surface area contributed by atoms with E-state index in [-0.39, 0.29) is 0 Å². The number of hydrogen-bond donors (Lipinski definition) is 0. The molecule has 0 amide bonds. The average Bonchev–Trinajstić information content (AvgIpc) is 2.59. The van der Waals surface area contributed by atoms with Crippen LogP contribution in [0.1, 0.15) is 0 Å². The Hall–Kier alpha value is -1.51. The lowest BCUT2D eigenvalue weighted by Gasteiger charge is -1.98. The molecule has 1 aromatic heterocycles. The quantitative estimate of drug-likeness (QED) is 0.541. The standard InChI is InChI=1S/C7H6N3/c1-2-4-7(3-1)10-6-8-5-9-10/h1-6H/q-1. The van der Waals surface area contributed by atoms with Crippen LogP contribution in [0.2, 0.25) is 0 Å². The summed E-state index contributed by atoms with van der Waals surface area (Å²) in [4.78, 5) is 3.83. The average molecular weight is 132 g/mol. The van der Waals surface area contributed by atoms with E-state index in [1.807, 2.05) is 24.3 Å². The second-order valence-electron chi connectivity index (χ2n) is 1.98. The topological polar surface area (TPSA) is 30.7 Å². The van der Waals surface area contributed by atoms with Crippen molar-refractivity contribution in [1.29, 1.82) is 0 Å². The van der Waals surface area contributed by atoms with Crippen LogP contribution in [0.15, 0.2) is 36.9 Å². The van der Waals surface area contributed by atoms with Gasteiger partial charge in [0.2, 0.25) is 0 Å². The van der Waals surface area contributed by atoms with Crippen molar-refractivity contribution in [2.75, 3.05) is 0 Å². The van der Waals surface area contributed by atoms with Gasteiger partial charge in [-0.2, -0.15) is 17.2 Å². The monoisotopic (exact) mass is 132 g/mol. The molecule has 1 heterocycles. The van der Waals surface area contributed by atoms with Gasteiger partial charge in [-0.25, -0.2) is 0 Å². The third kappa shape index (κ3) is 0.719. The SMILES string of the molecule is c1cc[c-](-n2cncn2)c1. The van der Waals surface area contributed by atoms with Crippen molar-refractivity contribution in [3.63, 3.8) is 0 Å². The van der Waals surface area contributed by atoms with E-state index in [0.717, 1.165) is 5.69 Å². The molecule has 0 saturated carbocycles. The van der Waals surface area contributed by atoms with Crippen molar-refractivity contribution < 1.29 is 0 Å². The Morgan fingerprint density at radius 2 is 2.00 bits per heavy atom. The Morgan fingerprint density at radius 3 is 2.60 bits per heavy atom. The van der Waals surface area contributed by atoms with Crippen molar-refractivity contribution >= 4 is 0 Å². The molecular formula is C7H6N3-. The summed E-state index contributed by atoms with van der Waals surface area (Å²) in [6, 6.07) is 7.90. The zero-order chi connectivity index (χ0) is 6.81. The van der Waals surface area contributed by atoms with Crippen LogP contribution >= 0.6 is 0 Å². The first-order valence-corrected chi connectivity index (χ1v) is 3.03. The number of aromatic nitrogens is 3. The Balaban J connectivity index is 2.48. The first-order chi connectivity index (χ1) is 4.97. The van der Waals surface area contributed by atoms with Gasteiger partial charge in [0.25, 0.3) is 0 Å². The van der Waals surface area contributed by atoms with E-state index in [1.54, 1.807) is 11.0 Å². The van der Waals surface area contributed by atoms with Gasteiger partial charge in [0.05, 0.1) is 0 Å². The van der Waals surface area contributed by atoms with Crippen LogP contribution in [0.5, 0.6) is 0 Å². The van der Waals surface area contributed by atoms with Gasteiger partial charge in [-0.1, -0.05) is 0 Å². The number of rotatable bonds is 1. The summed E-state index contributed by atoms with van der Waals surface area (Å²) in [5.41, 5.74) is 1.05. The second-order valence-corrected chi connectivity index (χ2v) is 1.98. The molecule has 3 nitrogen and oxygen atoms in total. The highest BCUT2D eigenvalue weighted by Gasteiger charge is 1.84. The molecule has 2 rings (SSSR count). The van der Waals surface area contributed by atoms with Crippen LogP contribution in [0.25, 0.3) is 5.69 Å². The molecule has 0 saturated heterocycles. The fourth-order valence-electron chi connectivity index (χ4n) is 0.858. The normalized spacial score (nSPS) is 10.0. The van der Waals surface area contributed by atoms with Crippen LogP contribution in [-0.2, 0) is 0 Å². The minimum atomic E-state index is 1.05. The number of nitrogens with zero attached hydrogens (tertiary/aromatic N) is 3. The molecule has 0 bridgehead atoms. The van der Waals surface area contributed by atoms with E-state index in [4.69, 9.17) is 0 Å². The minimum absolute atomic E-state index is 1.05. The molecule has 0 spiro atoms. The lowest BCUT2D eigenvalue weighted by molar-refractivity contribution is 0.882. The maximum absolute atomic E-state index is 3.96. The highest BCUT2D eigenvalue weighted by Crippen LogP contribution is 2.03. The largest absolute Gasteiger partial charge is 0.301 e. The Kier molecular flexibility index (Phi) is 1.07. The fourth-order valence-corrected chi connectivity index (χ4v) is 0.858. The van der Waals surface area contributed by atoms with Crippen LogP contribution < -0.4 is 0 Å². The molecule has 10 heavy (non-hydrogen) atoms. The zero-order valence-corrected chi connectivity index (χ0v) is 5.31. The molecule has 0 radical (unpaired) electrons. The minimum Gasteiger partial charge on any atom is -0.301 e. The van der Waals surface area contributed by atoms with Gasteiger partial charge >= 0.3 is 0 Å². The second kappa shape index (κ2) is 2.02. The fraction of sp³-hybridized carbons (Fsp3) is 0. The molecule has 0 aliphatic rings. The van der Waals surface area contributed by atoms with E-state index in [1.165, 1.54) is 6.33 Å². The lowest BCUT2D eigenvalue weighted by atomic mass is 10.5. The molecule has 3 heteroatoms. The lowest BCUT2D eigenvalue weighted by Crippen LogP contribution is -1.89. The van der Waals surface area contributed by atoms with Crippen molar-refractivity contribution in [3.8, 4) is 5.69 Å². The summed E-state index contributed by atoms with van der Waals surface area (Å²) in [6.45, 7) is 0. The summed E-state index contributed by atoms with van der Waals surface area (Å²) >= 11 is 0. The van der Waals surface area contributed by atoms with E-state index in [0.29, 0.717) is 0 Å². The highest BCUT2D eigenvalue weighted by atomic mass is 15.3. The molecule has 1 aromatic carbocycles. The molecule has 0 atom stereocenters. The van der Waals surface area contributed by atoms with E-state index in [2.05, 4.69) is 10.1 Å². The van der Waals surface area contributed by atoms with Crippen LogP contribution in [-0.4, -0.2) is 14.8 Å². The maximum atomic E-state index is 3.96. The van der Waals surface area contributed by atoms with Gasteiger partial charge in [0.1, 0.15) is 6.33 Å². The van der Waals surface area contributed by atoms with Crippen LogP contribution in [0, 0.1) is 0 Å². The van der Waals surface area contributed by atoms with Gasteiger partial charge in [-0.15, -0.1) is 12.1 Å². The summed E-state index contributed by atoms with van der Waals surface area (Å²) in [5, 5.41) is 3.96. The summed E-state index contributed by atoms with van der Waals surface area (Å²) < 4.78 is 1.72. The highest BCUT2D eigenvalue weighted by molar-refractivity contribution is 5.30. The molecule has 2 aromatic rings. The van der Waals surface area contributed by atoms with Crippen molar-refractivity contribution in [3.05, 3.63) is 36.9 Å². The zero-order valence-electron chi connectivity index (χ0n) is 5.31. The first-order valence-electron chi connectivity index (χ1n) is 3.03. The predicted octanol–water partition coefficient (Wildman–Crippen LogP) is 0.986. The predicted molar refractivity (Wildman–Crippen MR) is 37.0 cm³/mol.